The monoisotopic (exact) mass is 440 g/mol. The van der Waals surface area contributed by atoms with Crippen LogP contribution in [0.4, 0.5) is 10.1 Å². The van der Waals surface area contributed by atoms with Crippen LogP contribution in [0.2, 0.25) is 0 Å². The molecule has 1 aromatic carbocycles. The Morgan fingerprint density at radius 2 is 1.88 bits per heavy atom. The maximum absolute atomic E-state index is 14.0. The van der Waals surface area contributed by atoms with Crippen molar-refractivity contribution in [3.05, 3.63) is 47.8 Å². The van der Waals surface area contributed by atoms with E-state index in [1.165, 1.54) is 18.9 Å². The summed E-state index contributed by atoms with van der Waals surface area (Å²) in [5.74, 6) is 0.488. The Morgan fingerprint density at radius 1 is 1.09 bits per heavy atom. The summed E-state index contributed by atoms with van der Waals surface area (Å²) in [5, 5.41) is 2.92. The van der Waals surface area contributed by atoms with Gasteiger partial charge in [-0.1, -0.05) is 12.1 Å². The summed E-state index contributed by atoms with van der Waals surface area (Å²) in [5.41, 5.74) is 0.945. The van der Waals surface area contributed by atoms with Crippen molar-refractivity contribution >= 4 is 17.5 Å². The molecule has 2 aliphatic heterocycles. The molecule has 1 saturated carbocycles. The molecule has 0 spiro atoms. The van der Waals surface area contributed by atoms with Gasteiger partial charge in [0.15, 0.2) is 5.82 Å². The van der Waals surface area contributed by atoms with E-state index in [4.69, 9.17) is 0 Å². The van der Waals surface area contributed by atoms with Crippen molar-refractivity contribution in [2.24, 2.45) is 5.92 Å². The molecule has 1 saturated heterocycles. The number of nitrogens with one attached hydrogen (secondary N) is 1. The second-order valence-electron chi connectivity index (χ2n) is 8.87. The van der Waals surface area contributed by atoms with Crippen molar-refractivity contribution in [2.75, 3.05) is 57.3 Å². The van der Waals surface area contributed by atoms with Gasteiger partial charge in [-0.15, -0.1) is 0 Å². The number of piperazine rings is 1. The predicted molar refractivity (Wildman–Crippen MR) is 118 cm³/mol. The molecule has 1 aromatic heterocycles. The second kappa shape index (κ2) is 8.90. The van der Waals surface area contributed by atoms with E-state index in [1.54, 1.807) is 16.8 Å². The number of fused-ring (bicyclic) bond motifs is 1. The van der Waals surface area contributed by atoms with E-state index in [1.807, 2.05) is 17.0 Å². The predicted octanol–water partition coefficient (Wildman–Crippen LogP) is 1.44. The molecule has 3 aliphatic rings. The summed E-state index contributed by atoms with van der Waals surface area (Å²) in [6.07, 6.45) is 4.08. The molecule has 2 aromatic rings. The van der Waals surface area contributed by atoms with E-state index in [0.29, 0.717) is 42.8 Å². The zero-order chi connectivity index (χ0) is 22.1. The zero-order valence-corrected chi connectivity index (χ0v) is 18.2. The molecule has 170 valence electrons. The third kappa shape index (κ3) is 4.48. The minimum Gasteiger partial charge on any atom is -0.367 e. The Morgan fingerprint density at radius 3 is 2.62 bits per heavy atom. The summed E-state index contributed by atoms with van der Waals surface area (Å²) in [6.45, 7) is 6.52. The van der Waals surface area contributed by atoms with Gasteiger partial charge in [0.25, 0.3) is 11.8 Å². The fraction of sp³-hybridized carbons (Fsp3) is 0.522. The van der Waals surface area contributed by atoms with Gasteiger partial charge in [0.1, 0.15) is 11.5 Å². The van der Waals surface area contributed by atoms with Crippen LogP contribution in [0.15, 0.2) is 30.5 Å². The number of carbonyl (C=O) groups excluding carboxylic acids is 2. The third-order valence-electron chi connectivity index (χ3n) is 6.55. The number of nitrogens with zero attached hydrogens (tertiary/aromatic N) is 5. The Labute approximate surface area is 187 Å². The number of imidazole rings is 1. The van der Waals surface area contributed by atoms with Gasteiger partial charge in [-0.2, -0.15) is 0 Å². The van der Waals surface area contributed by atoms with Gasteiger partial charge >= 0.3 is 0 Å². The van der Waals surface area contributed by atoms with Crippen LogP contribution in [0.3, 0.4) is 0 Å². The van der Waals surface area contributed by atoms with Crippen LogP contribution in [0, 0.1) is 11.7 Å². The Hall–Kier alpha value is -2.94. The van der Waals surface area contributed by atoms with E-state index in [2.05, 4.69) is 20.1 Å². The van der Waals surface area contributed by atoms with E-state index >= 15 is 0 Å². The molecule has 0 bridgehead atoms. The lowest BCUT2D eigenvalue weighted by atomic mass is 10.2. The first-order chi connectivity index (χ1) is 15.6. The highest BCUT2D eigenvalue weighted by Gasteiger charge is 2.32. The number of aromatic nitrogens is 2. The molecule has 2 amide bonds. The first-order valence-electron chi connectivity index (χ1n) is 11.4. The number of hydrogen-bond donors (Lipinski definition) is 1. The molecule has 0 atom stereocenters. The SMILES string of the molecule is O=C(NCCN1CCN(c2ccccc2F)CC1)c1cn2c(n1)C(=O)N(CC1CC1)CC2. The molecular formula is C23H29FN6O2. The second-order valence-corrected chi connectivity index (χ2v) is 8.87. The van der Waals surface area contributed by atoms with Crippen LogP contribution >= 0.6 is 0 Å². The quantitative estimate of drug-likeness (QED) is 0.705. The molecule has 0 unspecified atom stereocenters. The van der Waals surface area contributed by atoms with Crippen LogP contribution in [-0.2, 0) is 6.54 Å². The molecule has 3 heterocycles. The zero-order valence-electron chi connectivity index (χ0n) is 18.2. The highest BCUT2D eigenvalue weighted by atomic mass is 19.1. The van der Waals surface area contributed by atoms with E-state index in [9.17, 15) is 14.0 Å². The lowest BCUT2D eigenvalue weighted by Gasteiger charge is -2.36. The van der Waals surface area contributed by atoms with E-state index < -0.39 is 0 Å². The minimum atomic E-state index is -0.251. The smallest absolute Gasteiger partial charge is 0.289 e. The summed E-state index contributed by atoms with van der Waals surface area (Å²) in [7, 11) is 0. The average molecular weight is 441 g/mol. The molecule has 2 fully saturated rings. The number of carbonyl (C=O) groups is 2. The van der Waals surface area contributed by atoms with Gasteiger partial charge in [0.2, 0.25) is 0 Å². The summed E-state index contributed by atoms with van der Waals surface area (Å²) in [4.78, 5) is 35.8. The number of halogens is 1. The summed E-state index contributed by atoms with van der Waals surface area (Å²) in [6, 6.07) is 6.86. The van der Waals surface area contributed by atoms with Gasteiger partial charge in [-0.05, 0) is 30.9 Å². The summed E-state index contributed by atoms with van der Waals surface area (Å²) < 4.78 is 15.8. The third-order valence-corrected chi connectivity index (χ3v) is 6.55. The van der Waals surface area contributed by atoms with Crippen molar-refractivity contribution in [1.82, 2.24) is 24.7 Å². The van der Waals surface area contributed by atoms with Crippen LogP contribution in [-0.4, -0.2) is 83.5 Å². The first kappa shape index (κ1) is 20.9. The molecule has 32 heavy (non-hydrogen) atoms. The maximum Gasteiger partial charge on any atom is 0.289 e. The first-order valence-corrected chi connectivity index (χ1v) is 11.4. The molecule has 1 N–H and O–H groups in total. The Balaban J connectivity index is 1.09. The van der Waals surface area contributed by atoms with Crippen molar-refractivity contribution < 1.29 is 14.0 Å². The molecular weight excluding hydrogens is 411 g/mol. The normalized spacial score (nSPS) is 19.2. The van der Waals surface area contributed by atoms with Gasteiger partial charge in [0, 0.05) is 65.1 Å². The van der Waals surface area contributed by atoms with Crippen molar-refractivity contribution in [1.29, 1.82) is 0 Å². The van der Waals surface area contributed by atoms with Crippen molar-refractivity contribution in [3.8, 4) is 0 Å². The lowest BCUT2D eigenvalue weighted by Crippen LogP contribution is -2.48. The topological polar surface area (TPSA) is 73.7 Å². The number of amides is 2. The largest absolute Gasteiger partial charge is 0.367 e. The number of para-hydroxylation sites is 1. The highest BCUT2D eigenvalue weighted by Crippen LogP contribution is 2.30. The molecule has 8 nitrogen and oxygen atoms in total. The van der Waals surface area contributed by atoms with Crippen LogP contribution in [0.25, 0.3) is 0 Å². The van der Waals surface area contributed by atoms with Crippen molar-refractivity contribution in [3.63, 3.8) is 0 Å². The van der Waals surface area contributed by atoms with Gasteiger partial charge < -0.3 is 19.7 Å². The average Bonchev–Trinajstić information content (AvgIpc) is 3.51. The maximum atomic E-state index is 14.0. The molecule has 1 aliphatic carbocycles. The number of rotatable bonds is 7. The fourth-order valence-corrected chi connectivity index (χ4v) is 4.46. The van der Waals surface area contributed by atoms with E-state index in [-0.39, 0.29) is 17.6 Å². The van der Waals surface area contributed by atoms with Crippen LogP contribution < -0.4 is 10.2 Å². The van der Waals surface area contributed by atoms with Crippen LogP contribution in [0.5, 0.6) is 0 Å². The minimum absolute atomic E-state index is 0.0741. The summed E-state index contributed by atoms with van der Waals surface area (Å²) >= 11 is 0. The molecule has 9 heteroatoms. The Kier molecular flexibility index (Phi) is 5.82. The van der Waals surface area contributed by atoms with Crippen LogP contribution in [0.1, 0.15) is 33.9 Å². The van der Waals surface area contributed by atoms with Crippen molar-refractivity contribution in [2.45, 2.75) is 19.4 Å². The van der Waals surface area contributed by atoms with E-state index in [0.717, 1.165) is 39.3 Å². The van der Waals surface area contributed by atoms with Gasteiger partial charge in [0.05, 0.1) is 5.69 Å². The molecule has 5 rings (SSSR count). The van der Waals surface area contributed by atoms with Gasteiger partial charge in [-0.25, -0.2) is 9.37 Å². The highest BCUT2D eigenvalue weighted by molar-refractivity contribution is 5.96. The van der Waals surface area contributed by atoms with Gasteiger partial charge in [-0.3, -0.25) is 14.5 Å². The lowest BCUT2D eigenvalue weighted by molar-refractivity contribution is 0.0688. The standard InChI is InChI=1S/C23H29FN6O2/c24-18-3-1-2-4-20(18)28-11-9-27(10-12-28)8-7-25-22(31)19-16-29-13-14-30(15-17-5-6-17)23(32)21(29)26-19/h1-4,16-17H,5-15H2,(H,25,31). The molecule has 0 radical (unpaired) electrons. The number of anilines is 1. The Bertz CT molecular complexity index is 996. The number of hydrogen-bond acceptors (Lipinski definition) is 5. The fourth-order valence-electron chi connectivity index (χ4n) is 4.46. The number of benzene rings is 1.